The number of benzene rings is 1. The van der Waals surface area contributed by atoms with Gasteiger partial charge in [0.15, 0.2) is 11.6 Å². The van der Waals surface area contributed by atoms with Crippen LogP contribution in [0.2, 0.25) is 0 Å². The molecule has 28 heavy (non-hydrogen) atoms. The summed E-state index contributed by atoms with van der Waals surface area (Å²) in [4.78, 5) is 0. The quantitative estimate of drug-likeness (QED) is 0.456. The monoisotopic (exact) mass is 404 g/mol. The highest BCUT2D eigenvalue weighted by atomic mass is 19.4. The highest BCUT2D eigenvalue weighted by molar-refractivity contribution is 5.33. The van der Waals surface area contributed by atoms with Gasteiger partial charge in [0.2, 0.25) is 5.75 Å². The van der Waals surface area contributed by atoms with Gasteiger partial charge in [-0.05, 0) is 67.1 Å². The molecule has 2 aliphatic rings. The minimum absolute atomic E-state index is 0.00397. The first-order valence-electron chi connectivity index (χ1n) is 10.5. The van der Waals surface area contributed by atoms with Gasteiger partial charge in [-0.25, -0.2) is 8.78 Å². The van der Waals surface area contributed by atoms with Crippen LogP contribution in [0.1, 0.15) is 82.6 Å². The predicted octanol–water partition coefficient (Wildman–Crippen LogP) is 7.74. The smallest absolute Gasteiger partial charge is 0.399 e. The van der Waals surface area contributed by atoms with Crippen molar-refractivity contribution in [1.29, 1.82) is 0 Å². The zero-order chi connectivity index (χ0) is 20.3. The van der Waals surface area contributed by atoms with Crippen molar-refractivity contribution in [3.63, 3.8) is 0 Å². The Bertz CT molecular complexity index is 618. The molecule has 2 fully saturated rings. The predicted molar refractivity (Wildman–Crippen MR) is 98.1 cm³/mol. The summed E-state index contributed by atoms with van der Waals surface area (Å²) in [6.07, 6.45) is 6.39. The first-order valence-corrected chi connectivity index (χ1v) is 10.5. The molecule has 0 aromatic heterocycles. The van der Waals surface area contributed by atoms with Gasteiger partial charge < -0.3 is 4.74 Å². The molecule has 0 atom stereocenters. The van der Waals surface area contributed by atoms with E-state index in [0.29, 0.717) is 11.5 Å². The summed E-state index contributed by atoms with van der Waals surface area (Å²) in [5.41, 5.74) is 0.434. The Balaban J connectivity index is 1.50. The van der Waals surface area contributed by atoms with E-state index in [4.69, 9.17) is 0 Å². The Kier molecular flexibility index (Phi) is 6.87. The molecule has 0 unspecified atom stereocenters. The van der Waals surface area contributed by atoms with E-state index >= 15 is 0 Å². The lowest BCUT2D eigenvalue weighted by molar-refractivity contribution is -0.276. The fraction of sp³-hybridized carbons (Fsp3) is 0.727. The normalized spacial score (nSPS) is 28.9. The lowest BCUT2D eigenvalue weighted by Gasteiger charge is -2.31. The van der Waals surface area contributed by atoms with Gasteiger partial charge in [-0.3, -0.25) is 0 Å². The molecule has 0 bridgehead atoms. The molecule has 6 heteroatoms. The van der Waals surface area contributed by atoms with Crippen LogP contribution in [0.25, 0.3) is 0 Å². The highest BCUT2D eigenvalue weighted by Crippen LogP contribution is 2.41. The van der Waals surface area contributed by atoms with E-state index in [9.17, 15) is 22.0 Å². The number of ether oxygens (including phenoxy) is 1. The SMILES string of the molecule is CC1CCC(CCC2CCC(c3cc(F)c(OC(F)(F)F)c(F)c3)CC2)CC1. The molecule has 1 nitrogen and oxygen atoms in total. The van der Waals surface area contributed by atoms with Crippen molar-refractivity contribution in [3.05, 3.63) is 29.3 Å². The highest BCUT2D eigenvalue weighted by Gasteiger charge is 2.34. The number of hydrogen-bond donors (Lipinski definition) is 0. The van der Waals surface area contributed by atoms with Crippen LogP contribution in [0.4, 0.5) is 22.0 Å². The van der Waals surface area contributed by atoms with Crippen molar-refractivity contribution >= 4 is 0 Å². The van der Waals surface area contributed by atoms with Gasteiger partial charge in [0.1, 0.15) is 0 Å². The summed E-state index contributed by atoms with van der Waals surface area (Å²) in [6, 6.07) is 2.00. The number of rotatable bonds is 5. The first-order chi connectivity index (χ1) is 13.2. The van der Waals surface area contributed by atoms with E-state index in [1.807, 2.05) is 0 Å². The van der Waals surface area contributed by atoms with Crippen molar-refractivity contribution in [2.24, 2.45) is 17.8 Å². The maximum absolute atomic E-state index is 14.0. The molecule has 2 aliphatic carbocycles. The van der Waals surface area contributed by atoms with E-state index < -0.39 is 23.7 Å². The third-order valence-electron chi connectivity index (χ3n) is 6.68. The molecule has 3 rings (SSSR count). The summed E-state index contributed by atoms with van der Waals surface area (Å²) in [5, 5.41) is 0. The third-order valence-corrected chi connectivity index (χ3v) is 6.68. The summed E-state index contributed by atoms with van der Waals surface area (Å²) in [6.45, 7) is 2.32. The molecule has 2 saturated carbocycles. The van der Waals surface area contributed by atoms with Gasteiger partial charge in [0.25, 0.3) is 0 Å². The largest absolute Gasteiger partial charge is 0.573 e. The van der Waals surface area contributed by atoms with E-state index in [-0.39, 0.29) is 5.92 Å². The fourth-order valence-corrected chi connectivity index (χ4v) is 4.90. The van der Waals surface area contributed by atoms with Crippen LogP contribution < -0.4 is 4.74 Å². The second kappa shape index (κ2) is 9.00. The molecule has 0 N–H and O–H groups in total. The topological polar surface area (TPSA) is 9.23 Å². The zero-order valence-electron chi connectivity index (χ0n) is 16.3. The minimum atomic E-state index is -5.11. The molecule has 0 amide bonds. The van der Waals surface area contributed by atoms with E-state index in [0.717, 1.165) is 49.7 Å². The van der Waals surface area contributed by atoms with Crippen molar-refractivity contribution < 1.29 is 26.7 Å². The van der Waals surface area contributed by atoms with Crippen LogP contribution in [0, 0.1) is 29.4 Å². The second-order valence-corrected chi connectivity index (χ2v) is 8.78. The van der Waals surface area contributed by atoms with Gasteiger partial charge in [-0.1, -0.05) is 45.4 Å². The Morgan fingerprint density at radius 3 is 1.75 bits per heavy atom. The summed E-state index contributed by atoms with van der Waals surface area (Å²) < 4.78 is 68.2. The molecule has 0 heterocycles. The molecule has 0 saturated heterocycles. The summed E-state index contributed by atoms with van der Waals surface area (Å²) in [5.74, 6) is -1.60. The van der Waals surface area contributed by atoms with Crippen LogP contribution in [0.15, 0.2) is 12.1 Å². The van der Waals surface area contributed by atoms with Crippen molar-refractivity contribution in [2.45, 2.75) is 83.4 Å². The molecule has 158 valence electrons. The summed E-state index contributed by atoms with van der Waals surface area (Å²) >= 11 is 0. The third kappa shape index (κ3) is 5.84. The Morgan fingerprint density at radius 1 is 0.821 bits per heavy atom. The van der Waals surface area contributed by atoms with E-state index in [2.05, 4.69) is 11.7 Å². The Morgan fingerprint density at radius 2 is 1.29 bits per heavy atom. The molecule has 0 radical (unpaired) electrons. The lowest BCUT2D eigenvalue weighted by atomic mass is 9.74. The second-order valence-electron chi connectivity index (χ2n) is 8.78. The van der Waals surface area contributed by atoms with Crippen LogP contribution in [-0.4, -0.2) is 6.36 Å². The van der Waals surface area contributed by atoms with Crippen LogP contribution in [0.5, 0.6) is 5.75 Å². The maximum Gasteiger partial charge on any atom is 0.573 e. The van der Waals surface area contributed by atoms with Crippen molar-refractivity contribution in [2.75, 3.05) is 0 Å². The molecular weight excluding hydrogens is 375 g/mol. The molecule has 1 aromatic rings. The number of alkyl halides is 3. The van der Waals surface area contributed by atoms with Gasteiger partial charge in [-0.15, -0.1) is 13.2 Å². The van der Waals surface area contributed by atoms with Gasteiger partial charge in [0.05, 0.1) is 0 Å². The van der Waals surface area contributed by atoms with Gasteiger partial charge in [0, 0.05) is 0 Å². The van der Waals surface area contributed by atoms with Gasteiger partial charge >= 0.3 is 6.36 Å². The standard InChI is InChI=1S/C22H29F5O/c1-14-2-4-15(5-3-14)6-7-16-8-10-17(11-9-16)18-12-19(23)21(20(24)13-18)28-22(25,26)27/h12-17H,2-11H2,1H3. The van der Waals surface area contributed by atoms with E-state index in [1.54, 1.807) is 0 Å². The van der Waals surface area contributed by atoms with Crippen LogP contribution in [0.3, 0.4) is 0 Å². The maximum atomic E-state index is 14.0. The molecular formula is C22H29F5O. The average Bonchev–Trinajstić information content (AvgIpc) is 2.64. The molecule has 1 aromatic carbocycles. The Labute approximate surface area is 163 Å². The first kappa shape index (κ1) is 21.4. The number of halogens is 5. The average molecular weight is 404 g/mol. The number of hydrogen-bond acceptors (Lipinski definition) is 1. The fourth-order valence-electron chi connectivity index (χ4n) is 4.90. The van der Waals surface area contributed by atoms with Crippen LogP contribution in [-0.2, 0) is 0 Å². The molecule has 0 aliphatic heterocycles. The Hall–Kier alpha value is -1.33. The molecule has 0 spiro atoms. The summed E-state index contributed by atoms with van der Waals surface area (Å²) in [7, 11) is 0. The van der Waals surface area contributed by atoms with E-state index in [1.165, 1.54) is 38.5 Å². The van der Waals surface area contributed by atoms with Crippen LogP contribution >= 0.6 is 0 Å². The minimum Gasteiger partial charge on any atom is -0.399 e. The van der Waals surface area contributed by atoms with Crippen molar-refractivity contribution in [3.8, 4) is 5.75 Å². The zero-order valence-corrected chi connectivity index (χ0v) is 16.3. The lowest BCUT2D eigenvalue weighted by Crippen LogP contribution is -2.19. The van der Waals surface area contributed by atoms with Crippen molar-refractivity contribution in [1.82, 2.24) is 0 Å². The van der Waals surface area contributed by atoms with Gasteiger partial charge in [-0.2, -0.15) is 0 Å².